The molecule has 1 heterocycles. The Morgan fingerprint density at radius 2 is 2.39 bits per heavy atom. The molecule has 0 bridgehead atoms. The van der Waals surface area contributed by atoms with Crippen molar-refractivity contribution in [3.05, 3.63) is 28.7 Å². The van der Waals surface area contributed by atoms with Crippen molar-refractivity contribution in [1.29, 1.82) is 0 Å². The van der Waals surface area contributed by atoms with Crippen molar-refractivity contribution < 1.29 is 9.47 Å². The highest BCUT2D eigenvalue weighted by atomic mass is 79.9. The normalized spacial score (nSPS) is 20.9. The molecule has 1 fully saturated rings. The molecule has 1 aromatic carbocycles. The van der Waals surface area contributed by atoms with Crippen molar-refractivity contribution >= 4 is 15.9 Å². The summed E-state index contributed by atoms with van der Waals surface area (Å²) in [4.78, 5) is 2.33. The number of hydrogen-bond donors (Lipinski definition) is 1. The second kappa shape index (κ2) is 7.09. The van der Waals surface area contributed by atoms with Crippen LogP contribution in [0.4, 0.5) is 0 Å². The van der Waals surface area contributed by atoms with Gasteiger partial charge in [-0.05, 0) is 18.2 Å². The fourth-order valence-electron chi connectivity index (χ4n) is 1.98. The number of benzene rings is 1. The van der Waals surface area contributed by atoms with E-state index in [2.05, 4.69) is 20.8 Å². The minimum absolute atomic E-state index is 0.171. The molecule has 4 nitrogen and oxygen atoms in total. The summed E-state index contributed by atoms with van der Waals surface area (Å²) in [6.45, 7) is 4.80. The molecule has 0 spiro atoms. The lowest BCUT2D eigenvalue weighted by atomic mass is 10.3. The van der Waals surface area contributed by atoms with E-state index < -0.39 is 0 Å². The smallest absolute Gasteiger partial charge is 0.120 e. The lowest BCUT2D eigenvalue weighted by Gasteiger charge is -2.32. The van der Waals surface area contributed by atoms with E-state index in [1.54, 1.807) is 0 Å². The molecule has 0 aliphatic carbocycles. The summed E-state index contributed by atoms with van der Waals surface area (Å²) in [5, 5.41) is 0. The van der Waals surface area contributed by atoms with Crippen LogP contribution in [0, 0.1) is 0 Å². The maximum Gasteiger partial charge on any atom is 0.120 e. The quantitative estimate of drug-likeness (QED) is 0.894. The molecule has 1 atom stereocenters. The summed E-state index contributed by atoms with van der Waals surface area (Å²) in [5.41, 5.74) is 5.61. The van der Waals surface area contributed by atoms with Gasteiger partial charge in [-0.2, -0.15) is 0 Å². The van der Waals surface area contributed by atoms with Crippen LogP contribution in [0.25, 0.3) is 0 Å². The number of nitrogens with two attached hydrogens (primary N) is 1. The predicted octanol–water partition coefficient (Wildman–Crippen LogP) is 1.49. The Morgan fingerprint density at radius 1 is 1.50 bits per heavy atom. The first-order valence-corrected chi connectivity index (χ1v) is 6.99. The van der Waals surface area contributed by atoms with Gasteiger partial charge in [0.15, 0.2) is 0 Å². The molecule has 100 valence electrons. The second-order valence-corrected chi connectivity index (χ2v) is 5.25. The monoisotopic (exact) mass is 314 g/mol. The molecule has 0 amide bonds. The molecule has 0 saturated carbocycles. The Balaban J connectivity index is 1.72. The molecule has 0 aromatic heterocycles. The first-order valence-electron chi connectivity index (χ1n) is 6.20. The topological polar surface area (TPSA) is 47.7 Å². The standard InChI is InChI=1S/C13H19BrN2O2/c14-11-2-1-3-12(8-11)17-6-4-16-5-7-18-13(9-15)10-16/h1-3,8,13H,4-7,9-10,15H2. The highest BCUT2D eigenvalue weighted by molar-refractivity contribution is 9.10. The Morgan fingerprint density at radius 3 is 3.17 bits per heavy atom. The highest BCUT2D eigenvalue weighted by Crippen LogP contribution is 2.17. The van der Waals surface area contributed by atoms with Crippen LogP contribution >= 0.6 is 15.9 Å². The van der Waals surface area contributed by atoms with Crippen molar-refractivity contribution in [2.75, 3.05) is 39.4 Å². The zero-order valence-corrected chi connectivity index (χ0v) is 11.9. The summed E-state index contributed by atoms with van der Waals surface area (Å²) in [6, 6.07) is 7.90. The second-order valence-electron chi connectivity index (χ2n) is 4.33. The molecule has 1 aromatic rings. The lowest BCUT2D eigenvalue weighted by Crippen LogP contribution is -2.46. The van der Waals surface area contributed by atoms with E-state index in [1.165, 1.54) is 0 Å². The minimum atomic E-state index is 0.171. The molecule has 2 rings (SSSR count). The summed E-state index contributed by atoms with van der Waals surface area (Å²) in [7, 11) is 0. The number of nitrogens with zero attached hydrogens (tertiary/aromatic N) is 1. The van der Waals surface area contributed by atoms with Crippen molar-refractivity contribution in [2.45, 2.75) is 6.10 Å². The number of hydrogen-bond acceptors (Lipinski definition) is 4. The third kappa shape index (κ3) is 4.24. The van der Waals surface area contributed by atoms with Crippen molar-refractivity contribution in [2.24, 2.45) is 5.73 Å². The maximum atomic E-state index is 5.71. The summed E-state index contributed by atoms with van der Waals surface area (Å²) in [5.74, 6) is 0.896. The molecule has 5 heteroatoms. The van der Waals surface area contributed by atoms with Gasteiger partial charge in [0.05, 0.1) is 12.7 Å². The summed E-state index contributed by atoms with van der Waals surface area (Å²) < 4.78 is 12.3. The zero-order valence-electron chi connectivity index (χ0n) is 10.3. The van der Waals surface area contributed by atoms with E-state index >= 15 is 0 Å². The first-order chi connectivity index (χ1) is 8.78. The van der Waals surface area contributed by atoms with E-state index in [-0.39, 0.29) is 6.10 Å². The van der Waals surface area contributed by atoms with Gasteiger partial charge in [0.1, 0.15) is 12.4 Å². The van der Waals surface area contributed by atoms with Crippen molar-refractivity contribution in [1.82, 2.24) is 4.90 Å². The predicted molar refractivity (Wildman–Crippen MR) is 74.9 cm³/mol. The molecule has 1 aliphatic heterocycles. The van der Waals surface area contributed by atoms with Gasteiger partial charge in [0.2, 0.25) is 0 Å². The van der Waals surface area contributed by atoms with Gasteiger partial charge < -0.3 is 15.2 Å². The van der Waals surface area contributed by atoms with E-state index in [4.69, 9.17) is 15.2 Å². The molecule has 1 unspecified atom stereocenters. The fraction of sp³-hybridized carbons (Fsp3) is 0.538. The third-order valence-corrected chi connectivity index (χ3v) is 3.45. The van der Waals surface area contributed by atoms with Gasteiger partial charge in [-0.25, -0.2) is 0 Å². The Labute approximate surface area is 116 Å². The van der Waals surface area contributed by atoms with Gasteiger partial charge in [-0.1, -0.05) is 22.0 Å². The van der Waals surface area contributed by atoms with E-state index in [0.717, 1.165) is 36.5 Å². The third-order valence-electron chi connectivity index (χ3n) is 2.96. The number of ether oxygens (including phenoxy) is 2. The van der Waals surface area contributed by atoms with Gasteiger partial charge in [0, 0.05) is 30.7 Å². The van der Waals surface area contributed by atoms with Crippen LogP contribution in [0.5, 0.6) is 5.75 Å². The number of morpholine rings is 1. The van der Waals surface area contributed by atoms with Gasteiger partial charge in [-0.15, -0.1) is 0 Å². The largest absolute Gasteiger partial charge is 0.492 e. The molecule has 0 radical (unpaired) electrons. The van der Waals surface area contributed by atoms with Crippen LogP contribution in [0.1, 0.15) is 0 Å². The van der Waals surface area contributed by atoms with Gasteiger partial charge in [-0.3, -0.25) is 4.90 Å². The Bertz CT molecular complexity index is 376. The average molecular weight is 315 g/mol. The average Bonchev–Trinajstić information content (AvgIpc) is 2.39. The Hall–Kier alpha value is -0.620. The SMILES string of the molecule is NCC1CN(CCOc2cccc(Br)c2)CCO1. The van der Waals surface area contributed by atoms with Gasteiger partial charge >= 0.3 is 0 Å². The lowest BCUT2D eigenvalue weighted by molar-refractivity contribution is -0.0261. The van der Waals surface area contributed by atoms with Crippen LogP contribution < -0.4 is 10.5 Å². The Kier molecular flexibility index (Phi) is 5.44. The molecular weight excluding hydrogens is 296 g/mol. The minimum Gasteiger partial charge on any atom is -0.492 e. The fourth-order valence-corrected chi connectivity index (χ4v) is 2.35. The van der Waals surface area contributed by atoms with Gasteiger partial charge in [0.25, 0.3) is 0 Å². The molecule has 2 N–H and O–H groups in total. The summed E-state index contributed by atoms with van der Waals surface area (Å²) in [6.07, 6.45) is 0.171. The van der Waals surface area contributed by atoms with Crippen molar-refractivity contribution in [3.63, 3.8) is 0 Å². The number of rotatable bonds is 5. The van der Waals surface area contributed by atoms with Crippen LogP contribution in [-0.4, -0.2) is 50.4 Å². The molecular formula is C13H19BrN2O2. The van der Waals surface area contributed by atoms with Crippen LogP contribution in [0.3, 0.4) is 0 Å². The van der Waals surface area contributed by atoms with Crippen LogP contribution in [0.15, 0.2) is 28.7 Å². The van der Waals surface area contributed by atoms with Crippen LogP contribution in [0.2, 0.25) is 0 Å². The summed E-state index contributed by atoms with van der Waals surface area (Å²) >= 11 is 3.43. The van der Waals surface area contributed by atoms with Crippen molar-refractivity contribution in [3.8, 4) is 5.75 Å². The zero-order chi connectivity index (χ0) is 12.8. The number of halogens is 1. The molecule has 18 heavy (non-hydrogen) atoms. The van der Waals surface area contributed by atoms with Crippen LogP contribution in [-0.2, 0) is 4.74 Å². The van der Waals surface area contributed by atoms with E-state index in [1.807, 2.05) is 24.3 Å². The maximum absolute atomic E-state index is 5.71. The molecule has 1 saturated heterocycles. The highest BCUT2D eigenvalue weighted by Gasteiger charge is 2.18. The first kappa shape index (κ1) is 13.8. The molecule has 1 aliphatic rings. The van der Waals surface area contributed by atoms with E-state index in [9.17, 15) is 0 Å². The van der Waals surface area contributed by atoms with E-state index in [0.29, 0.717) is 13.2 Å².